The maximum Gasteiger partial charge on any atom is 0.253 e. The number of amides is 1. The number of methoxy groups -OCH3 is 1. The fourth-order valence-corrected chi connectivity index (χ4v) is 3.98. The van der Waals surface area contributed by atoms with Crippen molar-refractivity contribution in [1.29, 1.82) is 0 Å². The van der Waals surface area contributed by atoms with Crippen LogP contribution in [-0.2, 0) is 0 Å². The second-order valence-corrected chi connectivity index (χ2v) is 7.57. The molecule has 0 atom stereocenters. The van der Waals surface area contributed by atoms with Crippen LogP contribution < -0.4 is 14.8 Å². The summed E-state index contributed by atoms with van der Waals surface area (Å²) in [5.74, 6) is 1.39. The number of carbonyl (C=O) groups is 1. The molecule has 2 saturated heterocycles. The highest BCUT2D eigenvalue weighted by Crippen LogP contribution is 2.40. The number of rotatable bonds is 4. The molecular weight excluding hydrogens is 352 g/mol. The molecule has 2 aliphatic rings. The fourth-order valence-electron chi connectivity index (χ4n) is 3.98. The molecular formula is C20H31ClN2O3. The van der Waals surface area contributed by atoms with Crippen molar-refractivity contribution in [2.75, 3.05) is 33.3 Å². The van der Waals surface area contributed by atoms with Gasteiger partial charge in [-0.05, 0) is 76.2 Å². The summed E-state index contributed by atoms with van der Waals surface area (Å²) >= 11 is 0. The molecule has 1 N–H and O–H groups in total. The van der Waals surface area contributed by atoms with Gasteiger partial charge in [0.05, 0.1) is 13.2 Å². The monoisotopic (exact) mass is 382 g/mol. The lowest BCUT2D eigenvalue weighted by Gasteiger charge is -2.44. The van der Waals surface area contributed by atoms with Crippen LogP contribution in [0, 0.1) is 5.41 Å². The zero-order valence-corrected chi connectivity index (χ0v) is 16.9. The van der Waals surface area contributed by atoms with Gasteiger partial charge in [-0.15, -0.1) is 12.4 Å². The van der Waals surface area contributed by atoms with Gasteiger partial charge in [-0.25, -0.2) is 0 Å². The number of hydrogen-bond donors (Lipinski definition) is 1. The molecule has 2 heterocycles. The number of hydrogen-bond acceptors (Lipinski definition) is 4. The first-order valence-corrected chi connectivity index (χ1v) is 9.38. The first kappa shape index (κ1) is 20.8. The van der Waals surface area contributed by atoms with E-state index >= 15 is 0 Å². The minimum atomic E-state index is 0. The average Bonchev–Trinajstić information content (AvgIpc) is 2.62. The van der Waals surface area contributed by atoms with Crippen molar-refractivity contribution in [3.63, 3.8) is 0 Å². The zero-order valence-electron chi connectivity index (χ0n) is 16.0. The van der Waals surface area contributed by atoms with Gasteiger partial charge in [0, 0.05) is 18.7 Å². The van der Waals surface area contributed by atoms with Gasteiger partial charge in [0.1, 0.15) is 0 Å². The Morgan fingerprint density at radius 1 is 1.12 bits per heavy atom. The molecule has 0 aromatic heterocycles. The van der Waals surface area contributed by atoms with E-state index in [0.29, 0.717) is 22.5 Å². The Morgan fingerprint density at radius 2 is 1.77 bits per heavy atom. The largest absolute Gasteiger partial charge is 0.493 e. The Bertz CT molecular complexity index is 605. The summed E-state index contributed by atoms with van der Waals surface area (Å²) in [6.45, 7) is 7.88. The molecule has 0 aliphatic carbocycles. The van der Waals surface area contributed by atoms with E-state index in [0.717, 1.165) is 39.0 Å². The van der Waals surface area contributed by atoms with Crippen molar-refractivity contribution in [3.05, 3.63) is 23.8 Å². The van der Waals surface area contributed by atoms with Crippen LogP contribution in [0.4, 0.5) is 0 Å². The summed E-state index contributed by atoms with van der Waals surface area (Å²) in [5, 5.41) is 3.44. The van der Waals surface area contributed by atoms with E-state index in [1.54, 1.807) is 13.2 Å². The Hall–Kier alpha value is -1.46. The Balaban J connectivity index is 0.00000243. The highest BCUT2D eigenvalue weighted by molar-refractivity contribution is 5.95. The number of ether oxygens (including phenoxy) is 2. The quantitative estimate of drug-likeness (QED) is 0.865. The molecule has 146 valence electrons. The molecule has 0 bridgehead atoms. The van der Waals surface area contributed by atoms with Crippen LogP contribution in [0.25, 0.3) is 0 Å². The summed E-state index contributed by atoms with van der Waals surface area (Å²) in [5.41, 5.74) is 1.13. The predicted octanol–water partition coefficient (Wildman–Crippen LogP) is 3.51. The van der Waals surface area contributed by atoms with Crippen LogP contribution in [0.3, 0.4) is 0 Å². The third-order valence-electron chi connectivity index (χ3n) is 5.55. The van der Waals surface area contributed by atoms with Crippen molar-refractivity contribution in [3.8, 4) is 11.5 Å². The number of benzene rings is 1. The third kappa shape index (κ3) is 4.63. The normalized spacial score (nSPS) is 19.2. The van der Waals surface area contributed by atoms with Crippen LogP contribution in [-0.4, -0.2) is 50.2 Å². The summed E-state index contributed by atoms with van der Waals surface area (Å²) < 4.78 is 11.1. The molecule has 1 amide bonds. The smallest absolute Gasteiger partial charge is 0.253 e. The van der Waals surface area contributed by atoms with E-state index < -0.39 is 0 Å². The van der Waals surface area contributed by atoms with Gasteiger partial charge in [-0.3, -0.25) is 4.79 Å². The maximum absolute atomic E-state index is 12.9. The molecule has 3 rings (SSSR count). The highest BCUT2D eigenvalue weighted by Gasteiger charge is 2.36. The second-order valence-electron chi connectivity index (χ2n) is 7.57. The Morgan fingerprint density at radius 3 is 2.35 bits per heavy atom. The highest BCUT2D eigenvalue weighted by atomic mass is 35.5. The van der Waals surface area contributed by atoms with Crippen LogP contribution >= 0.6 is 12.4 Å². The topological polar surface area (TPSA) is 50.8 Å². The second kappa shape index (κ2) is 8.96. The van der Waals surface area contributed by atoms with Crippen LogP contribution in [0.15, 0.2) is 18.2 Å². The van der Waals surface area contributed by atoms with Crippen molar-refractivity contribution < 1.29 is 14.3 Å². The van der Waals surface area contributed by atoms with E-state index in [1.807, 2.05) is 30.9 Å². The summed E-state index contributed by atoms with van der Waals surface area (Å²) in [7, 11) is 1.61. The molecule has 1 aromatic carbocycles. The number of nitrogens with zero attached hydrogens (tertiary/aromatic N) is 1. The third-order valence-corrected chi connectivity index (χ3v) is 5.55. The van der Waals surface area contributed by atoms with Crippen LogP contribution in [0.2, 0.25) is 0 Å². The van der Waals surface area contributed by atoms with Gasteiger partial charge in [-0.1, -0.05) is 0 Å². The van der Waals surface area contributed by atoms with Gasteiger partial charge >= 0.3 is 0 Å². The van der Waals surface area contributed by atoms with Crippen LogP contribution in [0.1, 0.15) is 49.9 Å². The molecule has 6 heteroatoms. The SMILES string of the molecule is COc1cc(C(=O)N2CCC3(CCNCC3)CC2)ccc1OC(C)C.Cl. The number of halogens is 1. The lowest BCUT2D eigenvalue weighted by Crippen LogP contribution is -2.47. The van der Waals surface area contributed by atoms with E-state index in [-0.39, 0.29) is 24.4 Å². The lowest BCUT2D eigenvalue weighted by atomic mass is 9.71. The first-order chi connectivity index (χ1) is 12.0. The van der Waals surface area contributed by atoms with Crippen molar-refractivity contribution in [2.24, 2.45) is 5.41 Å². The van der Waals surface area contributed by atoms with E-state index in [1.165, 1.54) is 12.8 Å². The Kier molecular flexibility index (Phi) is 7.18. The summed E-state index contributed by atoms with van der Waals surface area (Å²) in [4.78, 5) is 14.9. The molecule has 5 nitrogen and oxygen atoms in total. The maximum atomic E-state index is 12.9. The fraction of sp³-hybridized carbons (Fsp3) is 0.650. The predicted molar refractivity (Wildman–Crippen MR) is 106 cm³/mol. The van der Waals surface area contributed by atoms with E-state index in [2.05, 4.69) is 5.32 Å². The van der Waals surface area contributed by atoms with Crippen LogP contribution in [0.5, 0.6) is 11.5 Å². The summed E-state index contributed by atoms with van der Waals surface area (Å²) in [6.07, 6.45) is 4.78. The number of piperidine rings is 2. The minimum absolute atomic E-state index is 0. The molecule has 0 saturated carbocycles. The number of likely N-dealkylation sites (tertiary alicyclic amines) is 1. The van der Waals surface area contributed by atoms with Gasteiger partial charge in [-0.2, -0.15) is 0 Å². The van der Waals surface area contributed by atoms with E-state index in [9.17, 15) is 4.79 Å². The molecule has 1 spiro atoms. The van der Waals surface area contributed by atoms with Crippen molar-refractivity contribution in [2.45, 2.75) is 45.6 Å². The first-order valence-electron chi connectivity index (χ1n) is 9.38. The van der Waals surface area contributed by atoms with E-state index in [4.69, 9.17) is 9.47 Å². The van der Waals surface area contributed by atoms with Gasteiger partial charge in [0.25, 0.3) is 5.91 Å². The Labute approximate surface area is 162 Å². The molecule has 2 fully saturated rings. The number of nitrogens with one attached hydrogen (secondary N) is 1. The standard InChI is InChI=1S/C20H30N2O3.ClH/c1-15(2)25-17-5-4-16(14-18(17)24-3)19(23)22-12-8-20(9-13-22)6-10-21-11-7-20;/h4-5,14-15,21H,6-13H2,1-3H3;1H. The van der Waals surface area contributed by atoms with Gasteiger partial charge in [0.2, 0.25) is 0 Å². The van der Waals surface area contributed by atoms with Gasteiger partial charge in [0.15, 0.2) is 11.5 Å². The van der Waals surface area contributed by atoms with Crippen molar-refractivity contribution >= 4 is 18.3 Å². The van der Waals surface area contributed by atoms with Gasteiger partial charge < -0.3 is 19.7 Å². The molecule has 0 unspecified atom stereocenters. The number of carbonyl (C=O) groups excluding carboxylic acids is 1. The molecule has 1 aromatic rings. The molecule has 0 radical (unpaired) electrons. The summed E-state index contributed by atoms with van der Waals surface area (Å²) in [6, 6.07) is 5.48. The molecule has 26 heavy (non-hydrogen) atoms. The zero-order chi connectivity index (χ0) is 17.9. The van der Waals surface area contributed by atoms with Crippen molar-refractivity contribution in [1.82, 2.24) is 10.2 Å². The molecule has 2 aliphatic heterocycles. The lowest BCUT2D eigenvalue weighted by molar-refractivity contribution is 0.0495. The average molecular weight is 383 g/mol. The minimum Gasteiger partial charge on any atom is -0.493 e.